The molecule has 35 heavy (non-hydrogen) atoms. The Morgan fingerprint density at radius 3 is 2.63 bits per heavy atom. The molecule has 0 N–H and O–H groups in total. The Morgan fingerprint density at radius 1 is 1.09 bits per heavy atom. The quantitative estimate of drug-likeness (QED) is 0.382. The van der Waals surface area contributed by atoms with Crippen LogP contribution in [0.5, 0.6) is 0 Å². The van der Waals surface area contributed by atoms with Gasteiger partial charge in [0.1, 0.15) is 0 Å². The van der Waals surface area contributed by atoms with E-state index in [2.05, 4.69) is 84.8 Å². The van der Waals surface area contributed by atoms with Crippen LogP contribution in [-0.4, -0.2) is 36.8 Å². The van der Waals surface area contributed by atoms with Crippen molar-refractivity contribution in [2.75, 3.05) is 31.4 Å². The third-order valence-corrected chi connectivity index (χ3v) is 14.2. The molecule has 1 aliphatic heterocycles. The zero-order valence-electron chi connectivity index (χ0n) is 21.9. The van der Waals surface area contributed by atoms with Crippen LogP contribution in [-0.2, 0) is 4.74 Å². The third-order valence-electron chi connectivity index (χ3n) is 11.0. The van der Waals surface area contributed by atoms with E-state index in [4.69, 9.17) is 4.74 Å². The summed E-state index contributed by atoms with van der Waals surface area (Å²) in [5, 5.41) is 0. The summed E-state index contributed by atoms with van der Waals surface area (Å²) < 4.78 is 7.11. The molecule has 1 aromatic rings. The van der Waals surface area contributed by atoms with E-state index in [1.54, 1.807) is 16.7 Å². The van der Waals surface area contributed by atoms with Gasteiger partial charge >= 0.3 is 0 Å². The van der Waals surface area contributed by atoms with E-state index in [0.717, 1.165) is 24.4 Å². The monoisotopic (exact) mass is 507 g/mol. The van der Waals surface area contributed by atoms with Crippen LogP contribution in [0, 0.1) is 23.2 Å². The molecule has 1 spiro atoms. The van der Waals surface area contributed by atoms with E-state index >= 15 is 0 Å². The van der Waals surface area contributed by atoms with Crippen LogP contribution in [0.4, 0.5) is 5.69 Å². The summed E-state index contributed by atoms with van der Waals surface area (Å²) in [6.07, 6.45) is 13.4. The molecule has 7 atom stereocenters. The van der Waals surface area contributed by atoms with Gasteiger partial charge in [0.2, 0.25) is 0 Å². The highest BCUT2D eigenvalue weighted by Crippen LogP contribution is 2.77. The Kier molecular flexibility index (Phi) is 5.37. The normalized spacial score (nSPS) is 43.4. The lowest BCUT2D eigenvalue weighted by Gasteiger charge is -2.54. The molecule has 4 fully saturated rings. The van der Waals surface area contributed by atoms with Crippen LogP contribution in [0.25, 0.3) is 0 Å². The number of anilines is 1. The number of hydrogen-bond acceptors (Lipinski definition) is 4. The van der Waals surface area contributed by atoms with Gasteiger partial charge in [-0.2, -0.15) is 0 Å². The highest BCUT2D eigenvalue weighted by Gasteiger charge is 2.75. The zero-order chi connectivity index (χ0) is 24.0. The second-order valence-corrected chi connectivity index (χ2v) is 15.5. The summed E-state index contributed by atoms with van der Waals surface area (Å²) in [7, 11) is 8.57. The molecule has 2 nitrogen and oxygen atoms in total. The summed E-state index contributed by atoms with van der Waals surface area (Å²) in [6.45, 7) is 5.71. The van der Waals surface area contributed by atoms with Gasteiger partial charge in [0.15, 0.2) is 0 Å². The molecule has 4 heteroatoms. The van der Waals surface area contributed by atoms with E-state index in [0.29, 0.717) is 16.1 Å². The van der Waals surface area contributed by atoms with Crippen LogP contribution in [0.1, 0.15) is 76.7 Å². The number of benzene rings is 1. The van der Waals surface area contributed by atoms with Gasteiger partial charge in [0, 0.05) is 48.2 Å². The van der Waals surface area contributed by atoms with Crippen molar-refractivity contribution in [1.82, 2.24) is 0 Å². The Hall–Kier alpha value is -0.840. The van der Waals surface area contributed by atoms with Crippen molar-refractivity contribution in [3.05, 3.63) is 52.6 Å². The van der Waals surface area contributed by atoms with Gasteiger partial charge in [-0.1, -0.05) is 52.3 Å². The van der Waals surface area contributed by atoms with Gasteiger partial charge in [-0.3, -0.25) is 0 Å². The summed E-state index contributed by atoms with van der Waals surface area (Å²) >= 11 is 0. The van der Waals surface area contributed by atoms with Crippen molar-refractivity contribution in [2.24, 2.45) is 23.2 Å². The lowest BCUT2D eigenvalue weighted by atomic mass is 9.51. The molecule has 1 saturated heterocycles. The summed E-state index contributed by atoms with van der Waals surface area (Å²) in [5.74, 6) is 4.24. The first-order valence-electron chi connectivity index (χ1n) is 14.1. The van der Waals surface area contributed by atoms with Crippen molar-refractivity contribution in [1.29, 1.82) is 0 Å². The number of ether oxygens (including phenoxy) is 1. The van der Waals surface area contributed by atoms with Gasteiger partial charge in [-0.15, -0.1) is 0 Å². The minimum Gasteiger partial charge on any atom is -0.378 e. The first-order valence-corrected chi connectivity index (χ1v) is 16.4. The fourth-order valence-corrected chi connectivity index (χ4v) is 12.6. The molecule has 3 saturated carbocycles. The smallest absolute Gasteiger partial charge is 0.0771 e. The molecule has 7 rings (SSSR count). The molecule has 2 unspecified atom stereocenters. The average molecular weight is 508 g/mol. The SMILES string of the molecule is CCOC12C[C@@H]1C[C@H]1[C@@H]3CCC4=CC5(CCSS5)CCC4=C3[C@@H](c3ccc(N(C)C)cc3)C[C@@]12C. The number of allylic oxidation sites excluding steroid dienone is 3. The van der Waals surface area contributed by atoms with E-state index in [-0.39, 0.29) is 5.60 Å². The van der Waals surface area contributed by atoms with Crippen LogP contribution in [0.3, 0.4) is 0 Å². The fraction of sp³-hybridized carbons (Fsp3) is 0.677. The van der Waals surface area contributed by atoms with Crippen molar-refractivity contribution < 1.29 is 4.74 Å². The number of fused-ring (bicyclic) bond motifs is 6. The maximum Gasteiger partial charge on any atom is 0.0771 e. The second kappa shape index (κ2) is 8.08. The van der Waals surface area contributed by atoms with Gasteiger partial charge < -0.3 is 9.64 Å². The molecule has 5 aliphatic carbocycles. The highest BCUT2D eigenvalue weighted by molar-refractivity contribution is 8.77. The maximum absolute atomic E-state index is 6.68. The predicted molar refractivity (Wildman–Crippen MR) is 151 cm³/mol. The van der Waals surface area contributed by atoms with Crippen LogP contribution in [0.15, 0.2) is 47.1 Å². The predicted octanol–water partition coefficient (Wildman–Crippen LogP) is 8.01. The van der Waals surface area contributed by atoms with Crippen molar-refractivity contribution >= 4 is 27.3 Å². The molecule has 6 aliphatic rings. The zero-order valence-corrected chi connectivity index (χ0v) is 23.6. The summed E-state index contributed by atoms with van der Waals surface area (Å²) in [4.78, 5) is 2.22. The standard InChI is InChI=1S/C31H41NOS2/c1-5-33-31-18-22(31)16-27-25-11-8-21-17-30(14-15-34-35-30)13-12-24(21)28(25)26(19-29(27,31)2)20-6-9-23(10-7-20)32(3)4/h6-7,9-10,17,22,25-27H,5,8,11-16,18-19H2,1-4H3/t22-,25-,26+,27-,29-,30?,31?/m0/s1. The Morgan fingerprint density at radius 2 is 1.91 bits per heavy atom. The van der Waals surface area contributed by atoms with Crippen molar-refractivity contribution in [2.45, 2.75) is 81.5 Å². The Balaban J connectivity index is 1.35. The minimum atomic E-state index is 0.162. The molecule has 188 valence electrons. The molecule has 0 amide bonds. The van der Waals surface area contributed by atoms with Gasteiger partial charge in [0.05, 0.1) is 5.60 Å². The molecule has 0 aromatic heterocycles. The lowest BCUT2D eigenvalue weighted by Crippen LogP contribution is -2.49. The third kappa shape index (κ3) is 3.27. The highest BCUT2D eigenvalue weighted by atomic mass is 33.1. The number of rotatable bonds is 4. The Bertz CT molecular complexity index is 1080. The van der Waals surface area contributed by atoms with Crippen LogP contribution >= 0.6 is 21.6 Å². The lowest BCUT2D eigenvalue weighted by molar-refractivity contribution is -0.0850. The van der Waals surface area contributed by atoms with Crippen molar-refractivity contribution in [3.63, 3.8) is 0 Å². The molecule has 0 radical (unpaired) electrons. The molecular weight excluding hydrogens is 466 g/mol. The first kappa shape index (κ1) is 23.3. The molecular formula is C31H41NOS2. The van der Waals surface area contributed by atoms with E-state index < -0.39 is 0 Å². The summed E-state index contributed by atoms with van der Waals surface area (Å²) in [5.41, 5.74) is 8.71. The second-order valence-electron chi connectivity index (χ2n) is 12.7. The summed E-state index contributed by atoms with van der Waals surface area (Å²) in [6, 6.07) is 9.59. The number of nitrogens with zero attached hydrogens (tertiary/aromatic N) is 1. The first-order chi connectivity index (χ1) is 16.9. The average Bonchev–Trinajstić information content (AvgIpc) is 3.28. The van der Waals surface area contributed by atoms with Crippen molar-refractivity contribution in [3.8, 4) is 0 Å². The van der Waals surface area contributed by atoms with E-state index in [9.17, 15) is 0 Å². The topological polar surface area (TPSA) is 12.5 Å². The number of hydrogen-bond donors (Lipinski definition) is 0. The maximum atomic E-state index is 6.68. The molecule has 1 heterocycles. The van der Waals surface area contributed by atoms with Crippen LogP contribution < -0.4 is 4.90 Å². The Labute approximate surface area is 220 Å². The molecule has 0 bridgehead atoms. The van der Waals surface area contributed by atoms with Gasteiger partial charge in [-0.05, 0) is 105 Å². The largest absolute Gasteiger partial charge is 0.378 e. The van der Waals surface area contributed by atoms with Gasteiger partial charge in [-0.25, -0.2) is 0 Å². The van der Waals surface area contributed by atoms with Gasteiger partial charge in [0.25, 0.3) is 0 Å². The minimum absolute atomic E-state index is 0.162. The fourth-order valence-electron chi connectivity index (χ4n) is 9.31. The van der Waals surface area contributed by atoms with E-state index in [1.807, 2.05) is 5.57 Å². The van der Waals surface area contributed by atoms with Crippen LogP contribution in [0.2, 0.25) is 0 Å². The molecule has 1 aromatic carbocycles. The van der Waals surface area contributed by atoms with E-state index in [1.165, 1.54) is 62.8 Å².